The Morgan fingerprint density at radius 1 is 0.733 bits per heavy atom. The Labute approximate surface area is 268 Å². The highest BCUT2D eigenvalue weighted by atomic mass is 19.4. The van der Waals surface area contributed by atoms with Crippen molar-refractivity contribution in [3.63, 3.8) is 0 Å². The van der Waals surface area contributed by atoms with E-state index in [2.05, 4.69) is 26.3 Å². The summed E-state index contributed by atoms with van der Waals surface area (Å²) < 4.78 is 57.4. The van der Waals surface area contributed by atoms with Crippen molar-refractivity contribution in [3.05, 3.63) is 133 Å². The minimum atomic E-state index is -4.40. The van der Waals surface area contributed by atoms with Crippen LogP contribution in [0.15, 0.2) is 121 Å². The number of alkyl halides is 3. The Kier molecular flexibility index (Phi) is 15.4. The van der Waals surface area contributed by atoms with Crippen molar-refractivity contribution >= 4 is 24.8 Å². The molecular weight excluding hydrogens is 575 g/mol. The summed E-state index contributed by atoms with van der Waals surface area (Å²) in [4.78, 5) is 4.02. The van der Waals surface area contributed by atoms with Crippen LogP contribution in [-0.4, -0.2) is 78.1 Å². The molecule has 0 heterocycles. The van der Waals surface area contributed by atoms with Gasteiger partial charge in [-0.15, -0.1) is 13.2 Å². The average Bonchev–Trinajstić information content (AvgIpc) is 2.97. The first kappa shape index (κ1) is 37.6. The quantitative estimate of drug-likeness (QED) is 0.112. The number of benzene rings is 2. The van der Waals surface area contributed by atoms with Crippen molar-refractivity contribution in [1.82, 2.24) is 9.80 Å². The summed E-state index contributed by atoms with van der Waals surface area (Å²) in [6, 6.07) is 12.7. The summed E-state index contributed by atoms with van der Waals surface area (Å²) >= 11 is 0. The number of hydrogen-bond acceptors (Lipinski definition) is 5. The zero-order chi connectivity index (χ0) is 33.6. The summed E-state index contributed by atoms with van der Waals surface area (Å²) in [5, 5.41) is 0. The van der Waals surface area contributed by atoms with E-state index in [-0.39, 0.29) is 6.61 Å². The summed E-state index contributed by atoms with van der Waals surface area (Å²) in [7, 11) is 7.83. The number of halogens is 3. The Hall–Kier alpha value is -3.56. The summed E-state index contributed by atoms with van der Waals surface area (Å²) in [6.07, 6.45) is 2.92. The molecule has 0 radical (unpaired) electrons. The molecule has 0 unspecified atom stereocenters. The molecule has 0 saturated heterocycles. The van der Waals surface area contributed by atoms with Crippen molar-refractivity contribution in [2.45, 2.75) is 19.7 Å². The van der Waals surface area contributed by atoms with E-state index in [4.69, 9.17) is 14.0 Å². The van der Waals surface area contributed by atoms with Crippen molar-refractivity contribution in [2.24, 2.45) is 0 Å². The van der Waals surface area contributed by atoms with Crippen LogP contribution < -0.4 is 10.9 Å². The van der Waals surface area contributed by atoms with Gasteiger partial charge in [-0.1, -0.05) is 96.4 Å². The van der Waals surface area contributed by atoms with Crippen LogP contribution in [-0.2, 0) is 26.8 Å². The maximum Gasteiger partial charge on any atom is 0.416 e. The standard InChI is InChI=1S/C35H45B2F3N2O3/c1-27(2)10-11-28(3)36(44-24-22-41(6)7)29(4)12-13-30(5)43-26-31-14-18-33(19-15-31)37(45-25-23-42(8)9)34-20-16-32(17-21-34)35(38,39)40/h10-21H,1,3-5,22-26H2,2,6-9H3/b11-10-,13-12-. The van der Waals surface area contributed by atoms with E-state index < -0.39 is 25.6 Å². The Morgan fingerprint density at radius 2 is 1.22 bits per heavy atom. The lowest BCUT2D eigenvalue weighted by Crippen LogP contribution is -2.46. The van der Waals surface area contributed by atoms with E-state index in [1.165, 1.54) is 12.1 Å². The van der Waals surface area contributed by atoms with Crippen LogP contribution >= 0.6 is 0 Å². The lowest BCUT2D eigenvalue weighted by atomic mass is 9.54. The lowest BCUT2D eigenvalue weighted by Gasteiger charge is -2.18. The third kappa shape index (κ3) is 14.0. The molecule has 240 valence electrons. The van der Waals surface area contributed by atoms with E-state index in [0.29, 0.717) is 36.5 Å². The predicted octanol–water partition coefficient (Wildman–Crippen LogP) is 5.87. The SMILES string of the molecule is C=C(C)/C=C\C(=C)B(OCCN(C)C)C(=C)/C=C\C(=C)OCc1ccc(B(OCCN(C)C)c2ccc(C(F)(F)F)cc2)cc1. The minimum absolute atomic E-state index is 0.277. The molecular formula is C35H45B2F3N2O3. The molecule has 5 nitrogen and oxygen atoms in total. The van der Waals surface area contributed by atoms with Gasteiger partial charge in [0.05, 0.1) is 5.56 Å². The average molecular weight is 620 g/mol. The molecule has 0 aromatic heterocycles. The van der Waals surface area contributed by atoms with E-state index in [1.54, 1.807) is 6.08 Å². The number of rotatable bonds is 19. The number of nitrogens with zero attached hydrogens (tertiary/aromatic N) is 2. The predicted molar refractivity (Wildman–Crippen MR) is 183 cm³/mol. The number of allylic oxidation sites excluding steroid dienone is 7. The molecule has 2 aromatic rings. The first-order chi connectivity index (χ1) is 21.2. The number of ether oxygens (including phenoxy) is 1. The normalized spacial score (nSPS) is 11.9. The van der Waals surface area contributed by atoms with Gasteiger partial charge in [-0.25, -0.2) is 0 Å². The van der Waals surface area contributed by atoms with Crippen molar-refractivity contribution in [1.29, 1.82) is 0 Å². The molecule has 0 aliphatic heterocycles. The van der Waals surface area contributed by atoms with Crippen molar-refractivity contribution in [2.75, 3.05) is 54.5 Å². The Bertz CT molecular complexity index is 1340. The van der Waals surface area contributed by atoms with Gasteiger partial charge in [-0.2, -0.15) is 13.2 Å². The van der Waals surface area contributed by atoms with Crippen LogP contribution in [0.5, 0.6) is 0 Å². The van der Waals surface area contributed by atoms with Gasteiger partial charge in [0.25, 0.3) is 0 Å². The largest absolute Gasteiger partial charge is 0.490 e. The molecule has 45 heavy (non-hydrogen) atoms. The van der Waals surface area contributed by atoms with E-state index in [1.807, 2.05) is 87.4 Å². The lowest BCUT2D eigenvalue weighted by molar-refractivity contribution is -0.137. The summed E-state index contributed by atoms with van der Waals surface area (Å²) in [5.41, 5.74) is 4.06. The zero-order valence-electron chi connectivity index (χ0n) is 27.2. The van der Waals surface area contributed by atoms with Gasteiger partial charge in [0.15, 0.2) is 0 Å². The van der Waals surface area contributed by atoms with Gasteiger partial charge >= 0.3 is 20.0 Å². The molecule has 0 bridgehead atoms. The summed E-state index contributed by atoms with van der Waals surface area (Å²) in [5.74, 6) is 0.449. The molecule has 2 aromatic carbocycles. The molecule has 10 heteroatoms. The third-order valence-electron chi connectivity index (χ3n) is 6.63. The van der Waals surface area contributed by atoms with Crippen LogP contribution in [0.3, 0.4) is 0 Å². The molecule has 0 fully saturated rings. The van der Waals surface area contributed by atoms with Gasteiger partial charge < -0.3 is 23.8 Å². The van der Waals surface area contributed by atoms with Crippen LogP contribution in [0, 0.1) is 0 Å². The van der Waals surface area contributed by atoms with Gasteiger partial charge in [0, 0.05) is 26.3 Å². The topological polar surface area (TPSA) is 34.2 Å². The fourth-order valence-electron chi connectivity index (χ4n) is 4.03. The van der Waals surface area contributed by atoms with Crippen LogP contribution in [0.2, 0.25) is 0 Å². The molecule has 0 amide bonds. The minimum Gasteiger partial charge on any atom is -0.490 e. The van der Waals surface area contributed by atoms with E-state index >= 15 is 0 Å². The first-order valence-corrected chi connectivity index (χ1v) is 14.7. The molecule has 0 aliphatic carbocycles. The van der Waals surface area contributed by atoms with Gasteiger partial charge in [0.1, 0.15) is 12.4 Å². The van der Waals surface area contributed by atoms with Crippen LogP contribution in [0.4, 0.5) is 13.2 Å². The molecule has 0 saturated carbocycles. The molecule has 0 N–H and O–H groups in total. The summed E-state index contributed by atoms with van der Waals surface area (Å²) in [6.45, 7) is 19.9. The van der Waals surface area contributed by atoms with Crippen molar-refractivity contribution < 1.29 is 27.2 Å². The van der Waals surface area contributed by atoms with Gasteiger partial charge in [-0.3, -0.25) is 0 Å². The highest BCUT2D eigenvalue weighted by Gasteiger charge is 2.31. The van der Waals surface area contributed by atoms with Gasteiger partial charge in [0.2, 0.25) is 0 Å². The number of hydrogen-bond donors (Lipinski definition) is 0. The van der Waals surface area contributed by atoms with E-state index in [0.717, 1.165) is 40.7 Å². The fourth-order valence-corrected chi connectivity index (χ4v) is 4.03. The second kappa shape index (κ2) is 18.4. The first-order valence-electron chi connectivity index (χ1n) is 14.7. The molecule has 0 spiro atoms. The van der Waals surface area contributed by atoms with Crippen LogP contribution in [0.25, 0.3) is 0 Å². The van der Waals surface area contributed by atoms with Gasteiger partial charge in [-0.05, 0) is 57.7 Å². The maximum absolute atomic E-state index is 13.1. The molecule has 0 aliphatic rings. The smallest absolute Gasteiger partial charge is 0.416 e. The second-order valence-electron chi connectivity index (χ2n) is 11.4. The molecule has 2 rings (SSSR count). The Balaban J connectivity index is 2.07. The monoisotopic (exact) mass is 620 g/mol. The molecule has 0 atom stereocenters. The highest BCUT2D eigenvalue weighted by Crippen LogP contribution is 2.28. The fraction of sp³-hybridized carbons (Fsp3) is 0.314. The van der Waals surface area contributed by atoms with Crippen molar-refractivity contribution in [3.8, 4) is 0 Å². The van der Waals surface area contributed by atoms with E-state index in [9.17, 15) is 13.2 Å². The highest BCUT2D eigenvalue weighted by molar-refractivity contribution is 6.80. The Morgan fingerprint density at radius 3 is 1.71 bits per heavy atom. The maximum atomic E-state index is 13.1. The van der Waals surface area contributed by atoms with Crippen LogP contribution in [0.1, 0.15) is 18.1 Å². The zero-order valence-corrected chi connectivity index (χ0v) is 27.2. The number of likely N-dealkylation sites (N-methyl/N-ethyl adjacent to an activating group) is 2. The second-order valence-corrected chi connectivity index (χ2v) is 11.4. The third-order valence-corrected chi connectivity index (χ3v) is 6.63.